The highest BCUT2D eigenvalue weighted by Gasteiger charge is 2.22. The molecule has 4 rings (SSSR count). The van der Waals surface area contributed by atoms with Gasteiger partial charge in [0.05, 0.1) is 17.4 Å². The molecule has 6 nitrogen and oxygen atoms in total. The molecule has 1 aliphatic heterocycles. The highest BCUT2D eigenvalue weighted by molar-refractivity contribution is 6.09. The molecular weight excluding hydrogens is 330 g/mol. The van der Waals surface area contributed by atoms with E-state index in [1.54, 1.807) is 6.07 Å². The molecule has 1 amide bonds. The summed E-state index contributed by atoms with van der Waals surface area (Å²) in [6, 6.07) is 13.4. The van der Waals surface area contributed by atoms with Crippen LogP contribution >= 0.6 is 0 Å². The SMILES string of the molecule is NCCCC(O)c1ccc(-c2[nH]c3cccc4c3c2CONC4=O)cc1. The van der Waals surface area contributed by atoms with E-state index in [1.165, 1.54) is 0 Å². The number of hydrogen-bond donors (Lipinski definition) is 4. The van der Waals surface area contributed by atoms with Gasteiger partial charge in [0.25, 0.3) is 5.91 Å². The lowest BCUT2D eigenvalue weighted by molar-refractivity contribution is 0.0256. The molecule has 0 bridgehead atoms. The van der Waals surface area contributed by atoms with Crippen molar-refractivity contribution in [3.05, 3.63) is 59.2 Å². The fourth-order valence-electron chi connectivity index (χ4n) is 3.48. The van der Waals surface area contributed by atoms with E-state index in [9.17, 15) is 9.90 Å². The summed E-state index contributed by atoms with van der Waals surface area (Å²) in [7, 11) is 0. The summed E-state index contributed by atoms with van der Waals surface area (Å²) in [4.78, 5) is 20.9. The molecule has 0 saturated carbocycles. The number of rotatable bonds is 5. The zero-order valence-electron chi connectivity index (χ0n) is 14.3. The van der Waals surface area contributed by atoms with Crippen LogP contribution in [0.5, 0.6) is 0 Å². The Morgan fingerprint density at radius 1 is 1.19 bits per heavy atom. The summed E-state index contributed by atoms with van der Waals surface area (Å²) >= 11 is 0. The number of aromatic amines is 1. The lowest BCUT2D eigenvalue weighted by Gasteiger charge is -2.11. The third kappa shape index (κ3) is 2.88. The number of hydrogen-bond acceptors (Lipinski definition) is 4. The number of nitrogens with one attached hydrogen (secondary N) is 2. The normalized spacial score (nSPS) is 14.9. The standard InChI is InChI=1S/C20H21N3O3/c21-10-2-5-17(24)12-6-8-13(9-7-12)19-15-11-26-23-20(25)14-3-1-4-16(22-19)18(14)15/h1,3-4,6-9,17,22,24H,2,5,10-11,21H2,(H,23,25). The lowest BCUT2D eigenvalue weighted by atomic mass is 9.99. The highest BCUT2D eigenvalue weighted by atomic mass is 16.6. The first-order valence-corrected chi connectivity index (χ1v) is 8.73. The largest absolute Gasteiger partial charge is 0.388 e. The fourth-order valence-corrected chi connectivity index (χ4v) is 3.48. The van der Waals surface area contributed by atoms with Gasteiger partial charge in [0, 0.05) is 16.5 Å². The average Bonchev–Trinajstić information content (AvgIpc) is 2.95. The van der Waals surface area contributed by atoms with Crippen molar-refractivity contribution < 1.29 is 14.7 Å². The molecule has 5 N–H and O–H groups in total. The molecule has 26 heavy (non-hydrogen) atoms. The molecular formula is C20H21N3O3. The summed E-state index contributed by atoms with van der Waals surface area (Å²) in [5, 5.41) is 11.1. The predicted molar refractivity (Wildman–Crippen MR) is 99.2 cm³/mol. The van der Waals surface area contributed by atoms with Crippen LogP contribution in [0.15, 0.2) is 42.5 Å². The van der Waals surface area contributed by atoms with Gasteiger partial charge in [0.1, 0.15) is 6.61 Å². The number of carbonyl (C=O) groups is 1. The molecule has 6 heteroatoms. The maximum absolute atomic E-state index is 12.2. The summed E-state index contributed by atoms with van der Waals surface area (Å²) in [5.74, 6) is -0.238. The van der Waals surface area contributed by atoms with Gasteiger partial charge in [0.2, 0.25) is 0 Å². The number of hydroxylamine groups is 1. The Bertz CT molecular complexity index is 947. The topological polar surface area (TPSA) is 100 Å². The van der Waals surface area contributed by atoms with Crippen LogP contribution in [0.25, 0.3) is 22.2 Å². The minimum absolute atomic E-state index is 0.238. The third-order valence-electron chi connectivity index (χ3n) is 4.82. The maximum Gasteiger partial charge on any atom is 0.275 e. The second-order valence-electron chi connectivity index (χ2n) is 6.50. The van der Waals surface area contributed by atoms with Crippen LogP contribution in [-0.4, -0.2) is 22.5 Å². The van der Waals surface area contributed by atoms with Crippen LogP contribution in [0, 0.1) is 0 Å². The smallest absolute Gasteiger partial charge is 0.275 e. The van der Waals surface area contributed by atoms with E-state index in [-0.39, 0.29) is 5.91 Å². The van der Waals surface area contributed by atoms with E-state index in [0.29, 0.717) is 25.1 Å². The van der Waals surface area contributed by atoms with Gasteiger partial charge >= 0.3 is 0 Å². The van der Waals surface area contributed by atoms with E-state index in [0.717, 1.165) is 39.7 Å². The number of nitrogens with two attached hydrogens (primary N) is 1. The first kappa shape index (κ1) is 16.8. The molecule has 1 unspecified atom stereocenters. The second kappa shape index (κ2) is 6.92. The van der Waals surface area contributed by atoms with Gasteiger partial charge in [-0.15, -0.1) is 0 Å². The number of aromatic nitrogens is 1. The number of benzene rings is 2. The predicted octanol–water partition coefficient (Wildman–Crippen LogP) is 2.78. The van der Waals surface area contributed by atoms with E-state index in [2.05, 4.69) is 10.5 Å². The minimum atomic E-state index is -0.506. The van der Waals surface area contributed by atoms with Crippen LogP contribution in [0.4, 0.5) is 0 Å². The molecule has 0 spiro atoms. The van der Waals surface area contributed by atoms with Crippen molar-refractivity contribution in [2.24, 2.45) is 5.73 Å². The third-order valence-corrected chi connectivity index (χ3v) is 4.82. The molecule has 134 valence electrons. The first-order valence-electron chi connectivity index (χ1n) is 8.73. The molecule has 0 saturated heterocycles. The van der Waals surface area contributed by atoms with Gasteiger partial charge in [0.15, 0.2) is 0 Å². The zero-order valence-corrected chi connectivity index (χ0v) is 14.3. The first-order chi connectivity index (χ1) is 12.7. The van der Waals surface area contributed by atoms with Gasteiger partial charge in [-0.1, -0.05) is 30.3 Å². The van der Waals surface area contributed by atoms with Crippen LogP contribution in [0.2, 0.25) is 0 Å². The molecule has 0 radical (unpaired) electrons. The Balaban J connectivity index is 1.74. The van der Waals surface area contributed by atoms with Crippen molar-refractivity contribution in [1.82, 2.24) is 10.5 Å². The van der Waals surface area contributed by atoms with Crippen molar-refractivity contribution in [2.45, 2.75) is 25.6 Å². The molecule has 1 atom stereocenters. The van der Waals surface area contributed by atoms with Crippen LogP contribution in [0.1, 0.15) is 40.4 Å². The van der Waals surface area contributed by atoms with Crippen LogP contribution in [-0.2, 0) is 11.4 Å². The van der Waals surface area contributed by atoms with E-state index >= 15 is 0 Å². The van der Waals surface area contributed by atoms with Crippen molar-refractivity contribution in [2.75, 3.05) is 6.54 Å². The summed E-state index contributed by atoms with van der Waals surface area (Å²) in [6.45, 7) is 0.863. The molecule has 0 fully saturated rings. The maximum atomic E-state index is 12.2. The van der Waals surface area contributed by atoms with E-state index < -0.39 is 6.10 Å². The quantitative estimate of drug-likeness (QED) is 0.568. The summed E-state index contributed by atoms with van der Waals surface area (Å²) < 4.78 is 0. The van der Waals surface area contributed by atoms with Gasteiger partial charge in [-0.25, -0.2) is 5.48 Å². The van der Waals surface area contributed by atoms with E-state index in [4.69, 9.17) is 10.6 Å². The Labute approximate surface area is 150 Å². The van der Waals surface area contributed by atoms with Crippen molar-refractivity contribution in [3.63, 3.8) is 0 Å². The molecule has 0 aliphatic carbocycles. The average molecular weight is 351 g/mol. The Morgan fingerprint density at radius 2 is 2.00 bits per heavy atom. The second-order valence-corrected chi connectivity index (χ2v) is 6.50. The Kier molecular flexibility index (Phi) is 4.46. The van der Waals surface area contributed by atoms with Gasteiger partial charge < -0.3 is 15.8 Å². The van der Waals surface area contributed by atoms with Gasteiger partial charge in [-0.2, -0.15) is 0 Å². The molecule has 3 aromatic rings. The van der Waals surface area contributed by atoms with Gasteiger partial charge in [-0.3, -0.25) is 9.63 Å². The number of amides is 1. The fraction of sp³-hybridized carbons (Fsp3) is 0.250. The zero-order chi connectivity index (χ0) is 18.1. The number of carbonyl (C=O) groups excluding carboxylic acids is 1. The number of H-pyrrole nitrogens is 1. The van der Waals surface area contributed by atoms with Crippen molar-refractivity contribution in [3.8, 4) is 11.3 Å². The Morgan fingerprint density at radius 3 is 2.77 bits per heavy atom. The lowest BCUT2D eigenvalue weighted by Crippen LogP contribution is -2.21. The molecule has 1 aromatic heterocycles. The molecule has 1 aliphatic rings. The highest BCUT2D eigenvalue weighted by Crippen LogP contribution is 2.34. The van der Waals surface area contributed by atoms with Crippen molar-refractivity contribution in [1.29, 1.82) is 0 Å². The minimum Gasteiger partial charge on any atom is -0.388 e. The van der Waals surface area contributed by atoms with Gasteiger partial charge in [-0.05, 0) is 42.6 Å². The van der Waals surface area contributed by atoms with Crippen molar-refractivity contribution >= 4 is 16.8 Å². The van der Waals surface area contributed by atoms with Crippen LogP contribution < -0.4 is 11.2 Å². The number of aliphatic hydroxyl groups is 1. The summed E-state index contributed by atoms with van der Waals surface area (Å²) in [6.07, 6.45) is 0.933. The van der Waals surface area contributed by atoms with Crippen LogP contribution in [0.3, 0.4) is 0 Å². The number of aliphatic hydroxyl groups excluding tert-OH is 1. The molecule has 2 heterocycles. The summed E-state index contributed by atoms with van der Waals surface area (Å²) in [5.41, 5.74) is 13.2. The molecule has 2 aromatic carbocycles. The Hall–Kier alpha value is -2.67. The monoisotopic (exact) mass is 351 g/mol. The van der Waals surface area contributed by atoms with E-state index in [1.807, 2.05) is 36.4 Å².